The monoisotopic (exact) mass is 233 g/mol. The van der Waals surface area contributed by atoms with E-state index in [1.807, 2.05) is 0 Å². The number of nitro groups is 1. The average molecular weight is 234 g/mol. The Bertz CT molecular complexity index is 392. The Morgan fingerprint density at radius 3 is 2.50 bits per heavy atom. The molecule has 14 heavy (non-hydrogen) atoms. The normalized spacial score (nSPS) is 9.57. The predicted molar refractivity (Wildman–Crippen MR) is 53.9 cm³/mol. The molecule has 6 heteroatoms. The molecule has 0 unspecified atom stereocenters. The molecule has 0 fully saturated rings. The summed E-state index contributed by atoms with van der Waals surface area (Å²) in [5.41, 5.74) is -0.251. The molecule has 0 heterocycles. The molecular weight excluding hydrogens is 229 g/mol. The molecule has 0 saturated heterocycles. The molecule has 0 amide bonds. The maximum atomic E-state index is 10.5. The van der Waals surface area contributed by atoms with Crippen LogP contribution in [0.25, 0.3) is 0 Å². The van der Waals surface area contributed by atoms with Crippen molar-refractivity contribution < 1.29 is 9.66 Å². The third kappa shape index (κ3) is 2.16. The van der Waals surface area contributed by atoms with E-state index in [0.717, 1.165) is 12.3 Å². The summed E-state index contributed by atoms with van der Waals surface area (Å²) in [7, 11) is 0. The van der Waals surface area contributed by atoms with Crippen LogP contribution in [0.1, 0.15) is 0 Å². The van der Waals surface area contributed by atoms with Gasteiger partial charge >= 0.3 is 5.69 Å². The molecule has 1 rings (SSSR count). The van der Waals surface area contributed by atoms with Gasteiger partial charge in [0, 0.05) is 12.1 Å². The van der Waals surface area contributed by atoms with Gasteiger partial charge in [-0.1, -0.05) is 29.8 Å². The Hall–Kier alpha value is -1.26. The maximum absolute atomic E-state index is 10.5. The highest BCUT2D eigenvalue weighted by Crippen LogP contribution is 2.35. The van der Waals surface area contributed by atoms with Gasteiger partial charge in [-0.05, 0) is 0 Å². The quantitative estimate of drug-likeness (QED) is 0.457. The summed E-state index contributed by atoms with van der Waals surface area (Å²) in [5, 5.41) is 10.8. The number of nitrogens with zero attached hydrogens (tertiary/aromatic N) is 1. The first-order valence-corrected chi connectivity index (χ1v) is 4.23. The number of hydrogen-bond donors (Lipinski definition) is 0. The van der Waals surface area contributed by atoms with Gasteiger partial charge in [0.1, 0.15) is 0 Å². The molecule has 0 saturated carbocycles. The Kier molecular flexibility index (Phi) is 3.33. The van der Waals surface area contributed by atoms with Gasteiger partial charge in [-0.15, -0.1) is 0 Å². The first-order valence-electron chi connectivity index (χ1n) is 3.47. The van der Waals surface area contributed by atoms with Crippen molar-refractivity contribution in [3.05, 3.63) is 45.1 Å². The second-order valence-corrected chi connectivity index (χ2v) is 3.09. The smallest absolute Gasteiger partial charge is 0.313 e. The van der Waals surface area contributed by atoms with E-state index < -0.39 is 4.92 Å². The van der Waals surface area contributed by atoms with Gasteiger partial charge in [0.05, 0.1) is 21.2 Å². The summed E-state index contributed by atoms with van der Waals surface area (Å²) in [5.74, 6) is 0.0133. The van der Waals surface area contributed by atoms with Gasteiger partial charge < -0.3 is 4.74 Å². The lowest BCUT2D eigenvalue weighted by atomic mass is 10.3. The van der Waals surface area contributed by atoms with E-state index in [2.05, 4.69) is 6.58 Å². The summed E-state index contributed by atoms with van der Waals surface area (Å²) in [6.45, 7) is 3.29. The summed E-state index contributed by atoms with van der Waals surface area (Å²) < 4.78 is 4.81. The Morgan fingerprint density at radius 2 is 2.00 bits per heavy atom. The fourth-order valence-electron chi connectivity index (χ4n) is 0.845. The van der Waals surface area contributed by atoms with Gasteiger partial charge in [-0.3, -0.25) is 10.1 Å². The number of benzene rings is 1. The van der Waals surface area contributed by atoms with Crippen molar-refractivity contribution in [3.8, 4) is 5.75 Å². The number of rotatable bonds is 3. The molecule has 0 aliphatic rings. The van der Waals surface area contributed by atoms with Crippen LogP contribution in [-0.4, -0.2) is 4.92 Å². The topological polar surface area (TPSA) is 52.4 Å². The summed E-state index contributed by atoms with van der Waals surface area (Å²) in [6, 6.07) is 2.40. The lowest BCUT2D eigenvalue weighted by Crippen LogP contribution is -1.93. The summed E-state index contributed by atoms with van der Waals surface area (Å²) in [4.78, 5) is 9.94. The van der Waals surface area contributed by atoms with Gasteiger partial charge in [0.15, 0.2) is 0 Å². The van der Waals surface area contributed by atoms with Crippen LogP contribution >= 0.6 is 23.2 Å². The Labute approximate surface area is 89.8 Å². The van der Waals surface area contributed by atoms with Crippen LogP contribution in [0.3, 0.4) is 0 Å². The van der Waals surface area contributed by atoms with Crippen molar-refractivity contribution in [2.24, 2.45) is 0 Å². The zero-order valence-corrected chi connectivity index (χ0v) is 8.38. The molecule has 74 valence electrons. The lowest BCUT2D eigenvalue weighted by molar-refractivity contribution is -0.385. The number of ether oxygens (including phenoxy) is 1. The fourth-order valence-corrected chi connectivity index (χ4v) is 1.16. The molecule has 0 spiro atoms. The highest BCUT2D eigenvalue weighted by Gasteiger charge is 2.17. The molecule has 0 atom stereocenters. The van der Waals surface area contributed by atoms with E-state index in [1.54, 1.807) is 0 Å². The third-order valence-electron chi connectivity index (χ3n) is 1.41. The highest BCUT2D eigenvalue weighted by atomic mass is 35.5. The molecular formula is C8H5Cl2NO3. The molecule has 0 N–H and O–H groups in total. The van der Waals surface area contributed by atoms with E-state index in [0.29, 0.717) is 0 Å². The van der Waals surface area contributed by atoms with Crippen LogP contribution < -0.4 is 4.74 Å². The van der Waals surface area contributed by atoms with Gasteiger partial charge in [0.25, 0.3) is 0 Å². The van der Waals surface area contributed by atoms with E-state index in [-0.39, 0.29) is 21.5 Å². The molecule has 0 radical (unpaired) electrons. The number of nitro benzene ring substituents is 1. The van der Waals surface area contributed by atoms with Crippen molar-refractivity contribution in [1.29, 1.82) is 0 Å². The third-order valence-corrected chi connectivity index (χ3v) is 2.13. The van der Waals surface area contributed by atoms with E-state index in [9.17, 15) is 10.1 Å². The zero-order chi connectivity index (χ0) is 10.7. The lowest BCUT2D eigenvalue weighted by Gasteiger charge is -2.02. The van der Waals surface area contributed by atoms with Crippen LogP contribution in [0.4, 0.5) is 5.69 Å². The predicted octanol–water partition coefficient (Wildman–Crippen LogP) is 3.42. The number of hydrogen-bond acceptors (Lipinski definition) is 3. The first kappa shape index (κ1) is 10.8. The maximum Gasteiger partial charge on any atom is 0.313 e. The number of halogens is 2. The molecule has 4 nitrogen and oxygen atoms in total. The molecule has 0 aliphatic heterocycles. The SMILES string of the molecule is C=COc1cc(Cl)c(Cl)cc1[N+](=O)[O-]. The minimum absolute atomic E-state index is 0.0133. The molecule has 1 aromatic rings. The first-order chi connectivity index (χ1) is 6.56. The van der Waals surface area contributed by atoms with Crippen LogP contribution in [0.2, 0.25) is 10.0 Å². The second kappa shape index (κ2) is 4.30. The van der Waals surface area contributed by atoms with Crippen LogP contribution in [0.5, 0.6) is 5.75 Å². The van der Waals surface area contributed by atoms with Crippen LogP contribution in [0, 0.1) is 10.1 Å². The van der Waals surface area contributed by atoms with Crippen molar-refractivity contribution in [2.45, 2.75) is 0 Å². The standard InChI is InChI=1S/C8H5Cl2NO3/c1-2-14-8-4-6(10)5(9)3-7(8)11(12)13/h2-4H,1H2. The zero-order valence-electron chi connectivity index (χ0n) is 6.87. The van der Waals surface area contributed by atoms with Crippen molar-refractivity contribution >= 4 is 28.9 Å². The van der Waals surface area contributed by atoms with Crippen LogP contribution in [-0.2, 0) is 0 Å². The second-order valence-electron chi connectivity index (χ2n) is 2.28. The highest BCUT2D eigenvalue weighted by molar-refractivity contribution is 6.42. The summed E-state index contributed by atoms with van der Waals surface area (Å²) in [6.07, 6.45) is 1.08. The van der Waals surface area contributed by atoms with Gasteiger partial charge in [-0.25, -0.2) is 0 Å². The van der Waals surface area contributed by atoms with E-state index in [4.69, 9.17) is 27.9 Å². The Balaban J connectivity index is 3.30. The largest absolute Gasteiger partial charge is 0.458 e. The molecule has 0 aliphatic carbocycles. The molecule has 0 bridgehead atoms. The average Bonchev–Trinajstić information content (AvgIpc) is 2.11. The van der Waals surface area contributed by atoms with E-state index >= 15 is 0 Å². The van der Waals surface area contributed by atoms with Gasteiger partial charge in [-0.2, -0.15) is 0 Å². The van der Waals surface area contributed by atoms with Gasteiger partial charge in [0.2, 0.25) is 5.75 Å². The minimum Gasteiger partial charge on any atom is -0.458 e. The van der Waals surface area contributed by atoms with Crippen molar-refractivity contribution in [1.82, 2.24) is 0 Å². The van der Waals surface area contributed by atoms with Crippen molar-refractivity contribution in [3.63, 3.8) is 0 Å². The van der Waals surface area contributed by atoms with Crippen molar-refractivity contribution in [2.75, 3.05) is 0 Å². The molecule has 0 aromatic heterocycles. The van der Waals surface area contributed by atoms with E-state index in [1.165, 1.54) is 6.07 Å². The fraction of sp³-hybridized carbons (Fsp3) is 0. The molecule has 1 aromatic carbocycles. The Morgan fingerprint density at radius 1 is 1.43 bits per heavy atom. The summed E-state index contributed by atoms with van der Waals surface area (Å²) >= 11 is 11.3. The minimum atomic E-state index is -0.610. The van der Waals surface area contributed by atoms with Crippen LogP contribution in [0.15, 0.2) is 25.0 Å².